The molecule has 1 aromatic heterocycles. The molecule has 1 heterocycles. The molecule has 12 heavy (non-hydrogen) atoms. The Bertz CT molecular complexity index is 283. The van der Waals surface area contributed by atoms with Crippen molar-refractivity contribution in [2.45, 2.75) is 32.3 Å². The molecule has 0 unspecified atom stereocenters. The van der Waals surface area contributed by atoms with Gasteiger partial charge in [0, 0.05) is 5.69 Å². The Labute approximate surface area is 72.3 Å². The number of hydrogen-bond acceptors (Lipinski definition) is 2. The normalized spacial score (nSPS) is 15.8. The number of aromatic nitrogens is 1. The maximum atomic E-state index is 8.88. The minimum atomic E-state index is 0.0628. The number of aryl methyl sites for hydroxylation is 2. The van der Waals surface area contributed by atoms with Crippen LogP contribution in [-0.2, 0) is 19.4 Å². The van der Waals surface area contributed by atoms with Crippen molar-refractivity contribution >= 4 is 0 Å². The Morgan fingerprint density at radius 1 is 1.25 bits per heavy atom. The first-order valence-corrected chi connectivity index (χ1v) is 4.48. The van der Waals surface area contributed by atoms with Gasteiger partial charge in [0.05, 0.1) is 12.3 Å². The zero-order valence-corrected chi connectivity index (χ0v) is 7.08. The molecule has 2 rings (SSSR count). The molecule has 0 saturated heterocycles. The average Bonchev–Trinajstić information content (AvgIpc) is 2.17. The predicted molar refractivity (Wildman–Crippen MR) is 46.8 cm³/mol. The summed E-state index contributed by atoms with van der Waals surface area (Å²) in [5.74, 6) is 0. The topological polar surface area (TPSA) is 33.1 Å². The van der Waals surface area contributed by atoms with E-state index < -0.39 is 0 Å². The van der Waals surface area contributed by atoms with E-state index in [-0.39, 0.29) is 6.61 Å². The fourth-order valence-electron chi connectivity index (χ4n) is 1.72. The van der Waals surface area contributed by atoms with Crippen LogP contribution in [0, 0.1) is 0 Å². The summed E-state index contributed by atoms with van der Waals surface area (Å²) in [5.41, 5.74) is 3.38. The molecule has 2 nitrogen and oxygen atoms in total. The maximum absolute atomic E-state index is 8.88. The first-order valence-electron chi connectivity index (χ1n) is 4.48. The van der Waals surface area contributed by atoms with Crippen molar-refractivity contribution in [3.63, 3.8) is 0 Å². The minimum Gasteiger partial charge on any atom is -0.390 e. The summed E-state index contributed by atoms with van der Waals surface area (Å²) < 4.78 is 0. The van der Waals surface area contributed by atoms with E-state index in [2.05, 4.69) is 11.1 Å². The molecule has 0 spiro atoms. The molecule has 64 valence electrons. The van der Waals surface area contributed by atoms with Gasteiger partial charge in [-0.05, 0) is 37.3 Å². The van der Waals surface area contributed by atoms with E-state index in [9.17, 15) is 0 Å². The Morgan fingerprint density at radius 3 is 2.92 bits per heavy atom. The van der Waals surface area contributed by atoms with Crippen molar-refractivity contribution in [2.24, 2.45) is 0 Å². The summed E-state index contributed by atoms with van der Waals surface area (Å²) >= 11 is 0. The average molecular weight is 163 g/mol. The number of fused-ring (bicyclic) bond motifs is 1. The first-order chi connectivity index (χ1) is 5.90. The molecule has 0 radical (unpaired) electrons. The highest BCUT2D eigenvalue weighted by molar-refractivity contribution is 5.24. The van der Waals surface area contributed by atoms with Crippen molar-refractivity contribution in [1.82, 2.24) is 4.98 Å². The Morgan fingerprint density at radius 2 is 2.08 bits per heavy atom. The van der Waals surface area contributed by atoms with E-state index >= 15 is 0 Å². The standard InChI is InChI=1S/C10H13NO/c12-7-9-6-5-8-3-1-2-4-10(8)11-9/h5-6,12H,1-4,7H2. The van der Waals surface area contributed by atoms with Gasteiger partial charge in [-0.15, -0.1) is 0 Å². The minimum absolute atomic E-state index is 0.0628. The molecule has 1 aromatic rings. The largest absolute Gasteiger partial charge is 0.390 e. The highest BCUT2D eigenvalue weighted by Gasteiger charge is 2.09. The van der Waals surface area contributed by atoms with Gasteiger partial charge in [-0.25, -0.2) is 0 Å². The lowest BCUT2D eigenvalue weighted by atomic mass is 9.96. The second-order valence-electron chi connectivity index (χ2n) is 3.27. The van der Waals surface area contributed by atoms with E-state index in [0.717, 1.165) is 18.5 Å². The Hall–Kier alpha value is -0.890. The summed E-state index contributed by atoms with van der Waals surface area (Å²) in [6.07, 6.45) is 4.78. The number of aliphatic hydroxyl groups excluding tert-OH is 1. The lowest BCUT2D eigenvalue weighted by molar-refractivity contribution is 0.276. The van der Waals surface area contributed by atoms with Crippen LogP contribution in [0.3, 0.4) is 0 Å². The van der Waals surface area contributed by atoms with Gasteiger partial charge in [-0.2, -0.15) is 0 Å². The number of rotatable bonds is 1. The predicted octanol–water partition coefficient (Wildman–Crippen LogP) is 1.45. The molecule has 2 heteroatoms. The smallest absolute Gasteiger partial charge is 0.0853 e. The van der Waals surface area contributed by atoms with E-state index in [4.69, 9.17) is 5.11 Å². The third-order valence-electron chi connectivity index (χ3n) is 2.40. The lowest BCUT2D eigenvalue weighted by Crippen LogP contribution is -2.06. The van der Waals surface area contributed by atoms with Gasteiger partial charge in [0.25, 0.3) is 0 Å². The van der Waals surface area contributed by atoms with Crippen LogP contribution in [0.15, 0.2) is 12.1 Å². The summed E-state index contributed by atoms with van der Waals surface area (Å²) in [5, 5.41) is 8.88. The number of nitrogens with zero attached hydrogens (tertiary/aromatic N) is 1. The monoisotopic (exact) mass is 163 g/mol. The van der Waals surface area contributed by atoms with Gasteiger partial charge in [-0.1, -0.05) is 6.07 Å². The molecule has 0 bridgehead atoms. The number of pyridine rings is 1. The van der Waals surface area contributed by atoms with Crippen LogP contribution >= 0.6 is 0 Å². The maximum Gasteiger partial charge on any atom is 0.0853 e. The lowest BCUT2D eigenvalue weighted by Gasteiger charge is -2.14. The molecular weight excluding hydrogens is 150 g/mol. The molecule has 0 amide bonds. The van der Waals surface area contributed by atoms with Crippen LogP contribution < -0.4 is 0 Å². The summed E-state index contributed by atoms with van der Waals surface area (Å²) in [4.78, 5) is 4.38. The van der Waals surface area contributed by atoms with Crippen LogP contribution in [0.4, 0.5) is 0 Å². The molecular formula is C10H13NO. The van der Waals surface area contributed by atoms with Crippen LogP contribution in [0.2, 0.25) is 0 Å². The fourth-order valence-corrected chi connectivity index (χ4v) is 1.72. The highest BCUT2D eigenvalue weighted by Crippen LogP contribution is 2.19. The molecule has 0 aromatic carbocycles. The SMILES string of the molecule is OCc1ccc2c(n1)CCCC2. The Balaban J connectivity index is 2.36. The van der Waals surface area contributed by atoms with Gasteiger partial charge in [-0.3, -0.25) is 4.98 Å². The molecule has 0 aliphatic heterocycles. The van der Waals surface area contributed by atoms with Crippen LogP contribution in [-0.4, -0.2) is 10.1 Å². The second kappa shape index (κ2) is 3.23. The third-order valence-corrected chi connectivity index (χ3v) is 2.40. The van der Waals surface area contributed by atoms with Gasteiger partial charge < -0.3 is 5.11 Å². The molecule has 0 fully saturated rings. The molecule has 1 aliphatic carbocycles. The number of hydrogen-bond donors (Lipinski definition) is 1. The zero-order valence-electron chi connectivity index (χ0n) is 7.08. The summed E-state index contributed by atoms with van der Waals surface area (Å²) in [7, 11) is 0. The second-order valence-corrected chi connectivity index (χ2v) is 3.27. The Kier molecular flexibility index (Phi) is 2.09. The quantitative estimate of drug-likeness (QED) is 0.679. The summed E-state index contributed by atoms with van der Waals surface area (Å²) in [6, 6.07) is 4.03. The van der Waals surface area contributed by atoms with Gasteiger partial charge in [0.2, 0.25) is 0 Å². The molecule has 1 N–H and O–H groups in total. The van der Waals surface area contributed by atoms with Crippen LogP contribution in [0.25, 0.3) is 0 Å². The highest BCUT2D eigenvalue weighted by atomic mass is 16.3. The van der Waals surface area contributed by atoms with Crippen molar-refractivity contribution in [3.05, 3.63) is 29.1 Å². The molecule has 1 aliphatic rings. The van der Waals surface area contributed by atoms with Gasteiger partial charge in [0.1, 0.15) is 0 Å². The van der Waals surface area contributed by atoms with Gasteiger partial charge >= 0.3 is 0 Å². The van der Waals surface area contributed by atoms with Crippen LogP contribution in [0.5, 0.6) is 0 Å². The van der Waals surface area contributed by atoms with Crippen molar-refractivity contribution < 1.29 is 5.11 Å². The molecule has 0 atom stereocenters. The van der Waals surface area contributed by atoms with E-state index in [1.165, 1.54) is 24.1 Å². The van der Waals surface area contributed by atoms with E-state index in [1.54, 1.807) is 0 Å². The van der Waals surface area contributed by atoms with Crippen molar-refractivity contribution in [3.8, 4) is 0 Å². The fraction of sp³-hybridized carbons (Fsp3) is 0.500. The number of aliphatic hydroxyl groups is 1. The van der Waals surface area contributed by atoms with E-state index in [1.807, 2.05) is 6.07 Å². The summed E-state index contributed by atoms with van der Waals surface area (Å²) in [6.45, 7) is 0.0628. The third kappa shape index (κ3) is 1.34. The van der Waals surface area contributed by atoms with E-state index in [0.29, 0.717) is 0 Å². The van der Waals surface area contributed by atoms with Crippen molar-refractivity contribution in [2.75, 3.05) is 0 Å². The van der Waals surface area contributed by atoms with Crippen LogP contribution in [0.1, 0.15) is 29.8 Å². The molecule has 0 saturated carbocycles. The first kappa shape index (κ1) is 7.74. The van der Waals surface area contributed by atoms with Gasteiger partial charge in [0.15, 0.2) is 0 Å². The zero-order chi connectivity index (χ0) is 8.39. The van der Waals surface area contributed by atoms with Crippen molar-refractivity contribution in [1.29, 1.82) is 0 Å².